The van der Waals surface area contributed by atoms with Gasteiger partial charge in [-0.3, -0.25) is 4.79 Å². The highest BCUT2D eigenvalue weighted by atomic mass is 32.1. The number of rotatable bonds is 5. The van der Waals surface area contributed by atoms with Gasteiger partial charge in [-0.25, -0.2) is 0 Å². The third-order valence-electron chi connectivity index (χ3n) is 5.67. The number of para-hydroxylation sites is 1. The molecule has 0 bridgehead atoms. The van der Waals surface area contributed by atoms with Gasteiger partial charge < -0.3 is 9.84 Å². The number of aromatic hydroxyl groups is 1. The normalized spacial score (nSPS) is 14.3. The van der Waals surface area contributed by atoms with E-state index in [2.05, 4.69) is 0 Å². The van der Waals surface area contributed by atoms with Crippen LogP contribution < -0.4 is 4.74 Å². The average Bonchev–Trinajstić information content (AvgIpc) is 3.41. The molecule has 5 rings (SSSR count). The fourth-order valence-electron chi connectivity index (χ4n) is 4.20. The summed E-state index contributed by atoms with van der Waals surface area (Å²) in [4.78, 5) is 14.4. The lowest BCUT2D eigenvalue weighted by atomic mass is 9.98. The summed E-state index contributed by atoms with van der Waals surface area (Å²) in [5.74, 6) is 0.823. The van der Waals surface area contributed by atoms with Crippen LogP contribution in [0.15, 0.2) is 72.8 Å². The molecule has 4 aromatic rings. The summed E-state index contributed by atoms with van der Waals surface area (Å²) in [5, 5.41) is 10.9. The number of hydrogen-bond acceptors (Lipinski definition) is 4. The molecule has 0 saturated heterocycles. The van der Waals surface area contributed by atoms with Gasteiger partial charge in [-0.05, 0) is 61.6 Å². The molecule has 4 heteroatoms. The van der Waals surface area contributed by atoms with Crippen LogP contribution in [0.3, 0.4) is 0 Å². The number of carbonyl (C=O) groups is 1. The molecule has 0 aliphatic heterocycles. The molecule has 3 nitrogen and oxygen atoms in total. The Bertz CT molecular complexity index is 1200. The number of thiophene rings is 1. The van der Waals surface area contributed by atoms with Crippen LogP contribution in [-0.2, 0) is 0 Å². The number of ether oxygens (including phenoxy) is 1. The predicted molar refractivity (Wildman–Crippen MR) is 122 cm³/mol. The first-order valence-electron chi connectivity index (χ1n) is 10.3. The highest BCUT2D eigenvalue weighted by molar-refractivity contribution is 7.21. The Morgan fingerprint density at radius 1 is 0.933 bits per heavy atom. The molecule has 0 amide bonds. The van der Waals surface area contributed by atoms with Gasteiger partial charge in [-0.15, -0.1) is 11.3 Å². The van der Waals surface area contributed by atoms with Crippen molar-refractivity contribution < 1.29 is 14.6 Å². The van der Waals surface area contributed by atoms with Gasteiger partial charge in [-0.1, -0.05) is 42.5 Å². The molecule has 0 radical (unpaired) electrons. The van der Waals surface area contributed by atoms with Crippen molar-refractivity contribution in [2.24, 2.45) is 0 Å². The van der Waals surface area contributed by atoms with Gasteiger partial charge in [0.05, 0.1) is 16.5 Å². The summed E-state index contributed by atoms with van der Waals surface area (Å²) in [6, 6.07) is 22.8. The number of fused-ring (bicyclic) bond motifs is 1. The second kappa shape index (κ2) is 7.96. The summed E-state index contributed by atoms with van der Waals surface area (Å²) in [5.41, 5.74) is 2.50. The van der Waals surface area contributed by atoms with Crippen LogP contribution in [0.25, 0.3) is 21.2 Å². The first-order valence-corrected chi connectivity index (χ1v) is 11.1. The fraction of sp³-hybridized carbons (Fsp3) is 0.192. The standard InChI is InChI=1S/C26H22O3S/c27-18-14-15-21-23(16-18)30-26(24(21)17-8-2-1-3-9-17)25(28)20-12-6-7-13-22(20)29-19-10-4-5-11-19/h1-3,6-9,12-16,19,27H,4-5,10-11H2. The summed E-state index contributed by atoms with van der Waals surface area (Å²) >= 11 is 1.42. The number of carbonyl (C=O) groups excluding carboxylic acids is 1. The molecular weight excluding hydrogens is 392 g/mol. The van der Waals surface area contributed by atoms with Crippen molar-refractivity contribution in [3.63, 3.8) is 0 Å². The maximum Gasteiger partial charge on any atom is 0.207 e. The Kier molecular flexibility index (Phi) is 5.01. The van der Waals surface area contributed by atoms with E-state index in [1.165, 1.54) is 24.2 Å². The fourth-order valence-corrected chi connectivity index (χ4v) is 5.41. The van der Waals surface area contributed by atoms with E-state index >= 15 is 0 Å². The SMILES string of the molecule is O=C(c1ccccc1OC1CCCC1)c1sc2cc(O)ccc2c1-c1ccccc1. The van der Waals surface area contributed by atoms with Gasteiger partial charge in [0.15, 0.2) is 0 Å². The largest absolute Gasteiger partial charge is 0.508 e. The first-order chi connectivity index (χ1) is 14.7. The van der Waals surface area contributed by atoms with Crippen LogP contribution in [0.4, 0.5) is 0 Å². The quantitative estimate of drug-likeness (QED) is 0.364. The van der Waals surface area contributed by atoms with Crippen LogP contribution in [0, 0.1) is 0 Å². The average molecular weight is 415 g/mol. The molecule has 0 atom stereocenters. The third-order valence-corrected chi connectivity index (χ3v) is 6.82. The minimum Gasteiger partial charge on any atom is -0.508 e. The van der Waals surface area contributed by atoms with Crippen molar-refractivity contribution in [1.82, 2.24) is 0 Å². The Morgan fingerprint density at radius 3 is 2.47 bits per heavy atom. The van der Waals surface area contributed by atoms with Crippen molar-refractivity contribution in [1.29, 1.82) is 0 Å². The molecule has 0 unspecified atom stereocenters. The highest BCUT2D eigenvalue weighted by Crippen LogP contribution is 2.42. The molecule has 1 N–H and O–H groups in total. The van der Waals surface area contributed by atoms with E-state index in [4.69, 9.17) is 4.74 Å². The predicted octanol–water partition coefficient (Wildman–Crippen LogP) is 6.83. The minimum atomic E-state index is -0.0388. The molecule has 1 aromatic heterocycles. The zero-order chi connectivity index (χ0) is 20.5. The van der Waals surface area contributed by atoms with Crippen LogP contribution >= 0.6 is 11.3 Å². The van der Waals surface area contributed by atoms with Gasteiger partial charge in [-0.2, -0.15) is 0 Å². The van der Waals surface area contributed by atoms with E-state index in [0.29, 0.717) is 16.2 Å². The number of hydrogen-bond donors (Lipinski definition) is 1. The molecule has 0 spiro atoms. The Morgan fingerprint density at radius 2 is 1.67 bits per heavy atom. The van der Waals surface area contributed by atoms with Crippen molar-refractivity contribution in [3.05, 3.63) is 83.2 Å². The van der Waals surface area contributed by atoms with Crippen LogP contribution in [0.1, 0.15) is 40.9 Å². The second-order valence-electron chi connectivity index (χ2n) is 7.70. The highest BCUT2D eigenvalue weighted by Gasteiger charge is 2.25. The third kappa shape index (κ3) is 3.48. The topological polar surface area (TPSA) is 46.5 Å². The molecule has 150 valence electrons. The molecule has 1 heterocycles. The Hall–Kier alpha value is -3.11. The molecule has 30 heavy (non-hydrogen) atoms. The summed E-state index contributed by atoms with van der Waals surface area (Å²) in [6.45, 7) is 0. The number of phenolic OH excluding ortho intramolecular Hbond substituents is 1. The molecule has 1 aliphatic carbocycles. The molecule has 1 saturated carbocycles. The first kappa shape index (κ1) is 18.9. The zero-order valence-electron chi connectivity index (χ0n) is 16.5. The lowest BCUT2D eigenvalue weighted by molar-refractivity contribution is 0.103. The van der Waals surface area contributed by atoms with Crippen molar-refractivity contribution in [2.45, 2.75) is 31.8 Å². The molecular formula is C26H22O3S. The molecule has 1 aliphatic rings. The van der Waals surface area contributed by atoms with Crippen LogP contribution in [0.2, 0.25) is 0 Å². The van der Waals surface area contributed by atoms with Crippen LogP contribution in [0.5, 0.6) is 11.5 Å². The van der Waals surface area contributed by atoms with Crippen molar-refractivity contribution in [3.8, 4) is 22.6 Å². The van der Waals surface area contributed by atoms with Gasteiger partial charge in [0.1, 0.15) is 11.5 Å². The van der Waals surface area contributed by atoms with Gasteiger partial charge in [0.25, 0.3) is 0 Å². The summed E-state index contributed by atoms with van der Waals surface area (Å²) in [7, 11) is 0. The van der Waals surface area contributed by atoms with Gasteiger partial charge >= 0.3 is 0 Å². The van der Waals surface area contributed by atoms with E-state index in [1.54, 1.807) is 12.1 Å². The number of ketones is 1. The summed E-state index contributed by atoms with van der Waals surface area (Å²) < 4.78 is 7.13. The second-order valence-corrected chi connectivity index (χ2v) is 8.75. The lowest BCUT2D eigenvalue weighted by Crippen LogP contribution is -2.14. The molecule has 1 fully saturated rings. The number of phenols is 1. The number of benzene rings is 3. The smallest absolute Gasteiger partial charge is 0.207 e. The van der Waals surface area contributed by atoms with E-state index in [1.807, 2.05) is 60.7 Å². The van der Waals surface area contributed by atoms with Crippen molar-refractivity contribution in [2.75, 3.05) is 0 Å². The van der Waals surface area contributed by atoms with Gasteiger partial charge in [0.2, 0.25) is 5.78 Å². The maximum absolute atomic E-state index is 13.8. The Balaban J connectivity index is 1.64. The van der Waals surface area contributed by atoms with Crippen LogP contribution in [-0.4, -0.2) is 17.0 Å². The van der Waals surface area contributed by atoms with E-state index in [-0.39, 0.29) is 17.6 Å². The maximum atomic E-state index is 13.8. The van der Waals surface area contributed by atoms with E-state index < -0.39 is 0 Å². The lowest BCUT2D eigenvalue weighted by Gasteiger charge is -2.16. The van der Waals surface area contributed by atoms with Gasteiger partial charge in [0, 0.05) is 15.6 Å². The van der Waals surface area contributed by atoms with E-state index in [9.17, 15) is 9.90 Å². The summed E-state index contributed by atoms with van der Waals surface area (Å²) in [6.07, 6.45) is 4.63. The van der Waals surface area contributed by atoms with Crippen molar-refractivity contribution >= 4 is 27.2 Å². The minimum absolute atomic E-state index is 0.0388. The molecule has 3 aromatic carbocycles. The zero-order valence-corrected chi connectivity index (χ0v) is 17.3. The van der Waals surface area contributed by atoms with E-state index in [0.717, 1.165) is 34.1 Å². The Labute approximate surface area is 179 Å². The monoisotopic (exact) mass is 414 g/mol.